The highest BCUT2D eigenvalue weighted by molar-refractivity contribution is 5.65. The highest BCUT2D eigenvalue weighted by Gasteiger charge is 2.13. The van der Waals surface area contributed by atoms with Gasteiger partial charge in [-0.2, -0.15) is 0 Å². The van der Waals surface area contributed by atoms with Crippen molar-refractivity contribution in [1.29, 1.82) is 0 Å². The highest BCUT2D eigenvalue weighted by Crippen LogP contribution is 2.19. The predicted octanol–water partition coefficient (Wildman–Crippen LogP) is 2.10. The van der Waals surface area contributed by atoms with Crippen LogP contribution >= 0.6 is 0 Å². The third-order valence-electron chi connectivity index (χ3n) is 2.12. The fraction of sp³-hybridized carbons (Fsp3) is 0.182. The Morgan fingerprint density at radius 1 is 1.38 bits per heavy atom. The van der Waals surface area contributed by atoms with Crippen molar-refractivity contribution in [3.05, 3.63) is 36.3 Å². The van der Waals surface area contributed by atoms with E-state index in [2.05, 4.69) is 27.1 Å². The minimum absolute atomic E-state index is 0.601. The van der Waals surface area contributed by atoms with Crippen LogP contribution in [0.3, 0.4) is 0 Å². The Balaban J connectivity index is 0.000000457. The van der Waals surface area contributed by atoms with Gasteiger partial charge in [-0.3, -0.25) is 0 Å². The Labute approximate surface area is 93.5 Å². The first kappa shape index (κ1) is 10.4. The van der Waals surface area contributed by atoms with Gasteiger partial charge in [0, 0.05) is 11.9 Å². The van der Waals surface area contributed by atoms with Gasteiger partial charge in [0.1, 0.15) is 0 Å². The zero-order valence-electron chi connectivity index (χ0n) is 9.31. The maximum Gasteiger partial charge on any atom is 0.256 e. The summed E-state index contributed by atoms with van der Waals surface area (Å²) in [6.45, 7) is 7.70. The van der Waals surface area contributed by atoms with Crippen molar-refractivity contribution < 1.29 is 0 Å². The van der Waals surface area contributed by atoms with Crippen LogP contribution in [0.25, 0.3) is 11.9 Å². The van der Waals surface area contributed by atoms with E-state index < -0.39 is 0 Å². The van der Waals surface area contributed by atoms with E-state index >= 15 is 0 Å². The molecule has 82 valence electrons. The molecular formula is C11H13N5. The van der Waals surface area contributed by atoms with Gasteiger partial charge >= 0.3 is 0 Å². The Morgan fingerprint density at radius 3 is 2.94 bits per heavy atom. The molecule has 0 radical (unpaired) electrons. The summed E-state index contributed by atoms with van der Waals surface area (Å²) < 4.78 is 1.85. The summed E-state index contributed by atoms with van der Waals surface area (Å²) in [5.74, 6) is 1.28. The molecule has 0 spiro atoms. The Morgan fingerprint density at radius 2 is 2.19 bits per heavy atom. The van der Waals surface area contributed by atoms with Crippen molar-refractivity contribution in [2.24, 2.45) is 0 Å². The fourth-order valence-electron chi connectivity index (χ4n) is 1.48. The maximum absolute atomic E-state index is 4.09. The molecular weight excluding hydrogens is 202 g/mol. The van der Waals surface area contributed by atoms with Gasteiger partial charge in [0.05, 0.1) is 5.69 Å². The van der Waals surface area contributed by atoms with Crippen LogP contribution in [0.1, 0.15) is 19.5 Å². The molecule has 3 heterocycles. The summed E-state index contributed by atoms with van der Waals surface area (Å²) in [4.78, 5) is 4.09. The predicted molar refractivity (Wildman–Crippen MR) is 63.9 cm³/mol. The third-order valence-corrected chi connectivity index (χ3v) is 2.12. The highest BCUT2D eigenvalue weighted by atomic mass is 15.4. The van der Waals surface area contributed by atoms with Gasteiger partial charge in [0.2, 0.25) is 5.95 Å². The molecule has 1 N–H and O–H groups in total. The van der Waals surface area contributed by atoms with Gasteiger partial charge in [-0.1, -0.05) is 20.4 Å². The van der Waals surface area contributed by atoms with Crippen molar-refractivity contribution >= 4 is 17.8 Å². The lowest BCUT2D eigenvalue weighted by Gasteiger charge is -2.12. The van der Waals surface area contributed by atoms with E-state index in [9.17, 15) is 0 Å². The lowest BCUT2D eigenvalue weighted by molar-refractivity contribution is 1.07. The van der Waals surface area contributed by atoms with E-state index in [4.69, 9.17) is 0 Å². The summed E-state index contributed by atoms with van der Waals surface area (Å²) in [6, 6.07) is 1.91. The average molecular weight is 215 g/mol. The second kappa shape index (κ2) is 4.14. The van der Waals surface area contributed by atoms with E-state index in [1.807, 2.05) is 30.4 Å². The number of aromatic nitrogens is 4. The minimum Gasteiger partial charge on any atom is -0.324 e. The quantitative estimate of drug-likeness (QED) is 0.791. The van der Waals surface area contributed by atoms with Gasteiger partial charge in [-0.25, -0.2) is 9.38 Å². The van der Waals surface area contributed by atoms with E-state index in [1.165, 1.54) is 0 Å². The molecule has 0 saturated heterocycles. The molecule has 1 aliphatic heterocycles. The maximum atomic E-state index is 4.09. The topological polar surface area (TPSA) is 55.1 Å². The van der Waals surface area contributed by atoms with Crippen molar-refractivity contribution in [2.75, 3.05) is 5.32 Å². The molecule has 2 aromatic rings. The molecule has 0 bridgehead atoms. The van der Waals surface area contributed by atoms with Crippen LogP contribution in [0.15, 0.2) is 30.6 Å². The van der Waals surface area contributed by atoms with Gasteiger partial charge in [-0.15, -0.1) is 10.2 Å². The van der Waals surface area contributed by atoms with Crippen molar-refractivity contribution in [3.8, 4) is 0 Å². The van der Waals surface area contributed by atoms with Crippen LogP contribution in [0.2, 0.25) is 0 Å². The number of hydrogen-bond donors (Lipinski definition) is 1. The van der Waals surface area contributed by atoms with E-state index in [-0.39, 0.29) is 0 Å². The third kappa shape index (κ3) is 1.46. The lowest BCUT2D eigenvalue weighted by Crippen LogP contribution is -2.08. The largest absolute Gasteiger partial charge is 0.324 e. The molecule has 0 atom stereocenters. The summed E-state index contributed by atoms with van der Waals surface area (Å²) >= 11 is 0. The smallest absolute Gasteiger partial charge is 0.256 e. The Hall–Kier alpha value is -2.17. The molecule has 16 heavy (non-hydrogen) atoms. The molecule has 0 fully saturated rings. The summed E-state index contributed by atoms with van der Waals surface area (Å²) in [5.41, 5.74) is 1.92. The van der Waals surface area contributed by atoms with Gasteiger partial charge in [-0.05, 0) is 18.2 Å². The second-order valence-corrected chi connectivity index (χ2v) is 2.96. The molecule has 0 amide bonds. The number of hydrogen-bond acceptors (Lipinski definition) is 4. The number of allylic oxidation sites excluding steroid dienone is 1. The fourth-order valence-corrected chi connectivity index (χ4v) is 1.48. The monoisotopic (exact) mass is 215 g/mol. The van der Waals surface area contributed by atoms with Gasteiger partial charge < -0.3 is 5.32 Å². The van der Waals surface area contributed by atoms with Gasteiger partial charge in [0.15, 0.2) is 0 Å². The standard InChI is InChI=1S/C9H7N5.C2H6/c1-2-6-5-7-3-4-10-8-12-13-9(11-6)14(7)8;1-2/h2-5H,1H2,(H,11,13);1-2H3. The van der Waals surface area contributed by atoms with Crippen LogP contribution in [-0.2, 0) is 0 Å². The summed E-state index contributed by atoms with van der Waals surface area (Å²) in [5, 5.41) is 11.0. The zero-order valence-corrected chi connectivity index (χ0v) is 9.31. The van der Waals surface area contributed by atoms with Crippen molar-refractivity contribution in [1.82, 2.24) is 19.6 Å². The normalized spacial score (nSPS) is 12.2. The van der Waals surface area contributed by atoms with Gasteiger partial charge in [0.25, 0.3) is 5.78 Å². The van der Waals surface area contributed by atoms with E-state index in [0.717, 1.165) is 11.4 Å². The first-order valence-corrected chi connectivity index (χ1v) is 5.20. The van der Waals surface area contributed by atoms with Crippen LogP contribution in [0.4, 0.5) is 5.95 Å². The lowest BCUT2D eigenvalue weighted by atomic mass is 10.3. The first-order valence-electron chi connectivity index (χ1n) is 5.20. The number of anilines is 1. The minimum atomic E-state index is 0.601. The van der Waals surface area contributed by atoms with Crippen LogP contribution in [0, 0.1) is 0 Å². The summed E-state index contributed by atoms with van der Waals surface area (Å²) in [7, 11) is 0. The SMILES string of the molecule is C=CC1=Cc2ccnc3nnc(n23)N1.CC. The van der Waals surface area contributed by atoms with Crippen LogP contribution < -0.4 is 5.32 Å². The van der Waals surface area contributed by atoms with Crippen LogP contribution in [0.5, 0.6) is 0 Å². The van der Waals surface area contributed by atoms with Crippen LogP contribution in [-0.4, -0.2) is 19.6 Å². The first-order chi connectivity index (χ1) is 7.88. The van der Waals surface area contributed by atoms with Crippen molar-refractivity contribution in [3.63, 3.8) is 0 Å². The molecule has 5 nitrogen and oxygen atoms in total. The summed E-state index contributed by atoms with van der Waals surface area (Å²) in [6.07, 6.45) is 5.42. The van der Waals surface area contributed by atoms with E-state index in [1.54, 1.807) is 12.3 Å². The molecule has 1 aliphatic rings. The molecule has 3 rings (SSSR count). The zero-order chi connectivity index (χ0) is 11.5. The molecule has 5 heteroatoms. The molecule has 0 saturated carbocycles. The Bertz CT molecular complexity index is 553. The number of nitrogens with zero attached hydrogens (tertiary/aromatic N) is 4. The van der Waals surface area contributed by atoms with E-state index in [0.29, 0.717) is 11.7 Å². The molecule has 0 aliphatic carbocycles. The number of rotatable bonds is 1. The number of nitrogens with one attached hydrogen (secondary N) is 1. The molecule has 0 aromatic carbocycles. The second-order valence-electron chi connectivity index (χ2n) is 2.96. The van der Waals surface area contributed by atoms with Crippen molar-refractivity contribution in [2.45, 2.75) is 13.8 Å². The molecule has 0 unspecified atom stereocenters. The Kier molecular flexibility index (Phi) is 2.68. The average Bonchev–Trinajstić information content (AvgIpc) is 2.77. The molecule has 2 aromatic heterocycles.